The fraction of sp³-hybridized carbons (Fsp3) is 0.167. The third-order valence-electron chi connectivity index (χ3n) is 4.02. The predicted octanol–water partition coefficient (Wildman–Crippen LogP) is 5.96. The number of nitrogens with two attached hydrogens (primary N) is 1. The summed E-state index contributed by atoms with van der Waals surface area (Å²) in [5, 5.41) is 3.67. The number of nitrogens with zero attached hydrogens (tertiary/aromatic N) is 1. The first kappa shape index (κ1) is 19.5. The first-order valence-electron chi connectivity index (χ1n) is 7.62. The molecule has 0 saturated heterocycles. The molecule has 0 spiro atoms. The van der Waals surface area contributed by atoms with Gasteiger partial charge in [-0.15, -0.1) is 0 Å². The number of halogens is 6. The van der Waals surface area contributed by atoms with Gasteiger partial charge < -0.3 is 10.6 Å². The van der Waals surface area contributed by atoms with Crippen LogP contribution >= 0.6 is 23.2 Å². The molecule has 1 atom stereocenters. The molecule has 2 N–H and O–H groups in total. The van der Waals surface area contributed by atoms with Crippen molar-refractivity contribution in [3.8, 4) is 0 Å². The van der Waals surface area contributed by atoms with Crippen LogP contribution in [-0.2, 0) is 10.4 Å². The normalized spacial score (nSPS) is 20.0. The lowest BCUT2D eigenvalue weighted by Gasteiger charge is -2.29. The van der Waals surface area contributed by atoms with Gasteiger partial charge in [0.25, 0.3) is 5.60 Å². The monoisotopic (exact) mass is 418 g/mol. The largest absolute Gasteiger partial charge is 0.435 e. The lowest BCUT2D eigenvalue weighted by molar-refractivity contribution is -0.275. The van der Waals surface area contributed by atoms with Crippen molar-refractivity contribution in [2.75, 3.05) is 5.73 Å². The Kier molecular flexibility index (Phi) is 5.10. The Bertz CT molecular complexity index is 923. The van der Waals surface area contributed by atoms with E-state index in [9.17, 15) is 17.6 Å². The average molecular weight is 419 g/mol. The molecule has 0 saturated carbocycles. The number of hydrogen-bond acceptors (Lipinski definition) is 3. The highest BCUT2D eigenvalue weighted by atomic mass is 35.5. The number of nitrogen functional groups attached to an aromatic ring is 1. The topological polar surface area (TPSA) is 47.6 Å². The standard InChI is InChI=1S/C18H12Cl2F4N2O/c19-12-6-11(7-13(20)8-12)17(18(22,23)24)9-14(26-27-17)3-1-10-2-4-15(21)16(25)5-10/h1-8H,9,25H2/b3-1+. The molecule has 0 fully saturated rings. The maximum absolute atomic E-state index is 13.8. The van der Waals surface area contributed by atoms with Gasteiger partial charge in [0.2, 0.25) is 0 Å². The summed E-state index contributed by atoms with van der Waals surface area (Å²) in [5.74, 6) is -0.581. The maximum Gasteiger partial charge on any atom is 0.435 e. The highest BCUT2D eigenvalue weighted by Crippen LogP contribution is 2.49. The van der Waals surface area contributed by atoms with Gasteiger partial charge in [0.1, 0.15) is 5.82 Å². The number of alkyl halides is 3. The van der Waals surface area contributed by atoms with Gasteiger partial charge in [-0.3, -0.25) is 0 Å². The summed E-state index contributed by atoms with van der Waals surface area (Å²) in [6, 6.07) is 7.57. The summed E-state index contributed by atoms with van der Waals surface area (Å²) in [6.07, 6.45) is -2.51. The molecule has 0 bridgehead atoms. The minimum atomic E-state index is -4.76. The highest BCUT2D eigenvalue weighted by molar-refractivity contribution is 6.34. The Labute approximate surface area is 162 Å². The van der Waals surface area contributed by atoms with Gasteiger partial charge in [0, 0.05) is 22.0 Å². The predicted molar refractivity (Wildman–Crippen MR) is 97.2 cm³/mol. The number of rotatable bonds is 3. The lowest BCUT2D eigenvalue weighted by Crippen LogP contribution is -2.42. The SMILES string of the molecule is Nc1cc(/C=C/C2=NOC(c3cc(Cl)cc(Cl)c3)(C(F)(F)F)C2)ccc1F. The second-order valence-electron chi connectivity index (χ2n) is 5.95. The molecule has 0 radical (unpaired) electrons. The zero-order chi connectivity index (χ0) is 19.8. The van der Waals surface area contributed by atoms with Crippen LogP contribution in [0.15, 0.2) is 47.6 Å². The third-order valence-corrected chi connectivity index (χ3v) is 4.46. The van der Waals surface area contributed by atoms with Gasteiger partial charge in [-0.05, 0) is 42.0 Å². The summed E-state index contributed by atoms with van der Waals surface area (Å²) in [5.41, 5.74) is 3.02. The minimum absolute atomic E-state index is 0.0475. The van der Waals surface area contributed by atoms with Crippen molar-refractivity contribution in [1.29, 1.82) is 0 Å². The molecule has 142 valence electrons. The molecule has 3 nitrogen and oxygen atoms in total. The van der Waals surface area contributed by atoms with Gasteiger partial charge in [0.05, 0.1) is 11.4 Å². The third kappa shape index (κ3) is 3.89. The van der Waals surface area contributed by atoms with E-state index in [1.54, 1.807) is 0 Å². The number of allylic oxidation sites excluding steroid dienone is 1. The summed E-state index contributed by atoms with van der Waals surface area (Å²) in [6.45, 7) is 0. The molecule has 0 aliphatic carbocycles. The molecule has 1 aliphatic rings. The Balaban J connectivity index is 1.90. The van der Waals surface area contributed by atoms with Crippen molar-refractivity contribution in [1.82, 2.24) is 0 Å². The van der Waals surface area contributed by atoms with Crippen molar-refractivity contribution < 1.29 is 22.4 Å². The van der Waals surface area contributed by atoms with E-state index in [1.807, 2.05) is 0 Å². The van der Waals surface area contributed by atoms with Crippen LogP contribution in [0.5, 0.6) is 0 Å². The van der Waals surface area contributed by atoms with E-state index in [0.717, 1.165) is 18.2 Å². The fourth-order valence-corrected chi connectivity index (χ4v) is 3.19. The quantitative estimate of drug-likeness (QED) is 0.493. The molecule has 2 aromatic carbocycles. The van der Waals surface area contributed by atoms with Crippen molar-refractivity contribution in [2.24, 2.45) is 5.16 Å². The van der Waals surface area contributed by atoms with E-state index < -0.39 is 24.0 Å². The van der Waals surface area contributed by atoms with Crippen molar-refractivity contribution in [3.05, 3.63) is 69.5 Å². The molecule has 9 heteroatoms. The van der Waals surface area contributed by atoms with Crippen molar-refractivity contribution >= 4 is 40.7 Å². The van der Waals surface area contributed by atoms with Crippen LogP contribution in [0.25, 0.3) is 6.08 Å². The molecular formula is C18H12Cl2F4N2O. The summed E-state index contributed by atoms with van der Waals surface area (Å²) >= 11 is 11.7. The van der Waals surface area contributed by atoms with Crippen molar-refractivity contribution in [3.63, 3.8) is 0 Å². The second kappa shape index (κ2) is 7.05. The van der Waals surface area contributed by atoms with Crippen molar-refractivity contribution in [2.45, 2.75) is 18.2 Å². The summed E-state index contributed by atoms with van der Waals surface area (Å²) < 4.78 is 54.7. The van der Waals surface area contributed by atoms with Crippen LogP contribution in [0.3, 0.4) is 0 Å². The maximum atomic E-state index is 13.8. The number of benzene rings is 2. The smallest absolute Gasteiger partial charge is 0.396 e. The van der Waals surface area contributed by atoms with Crippen LogP contribution in [0.2, 0.25) is 10.0 Å². The second-order valence-corrected chi connectivity index (χ2v) is 6.82. The Morgan fingerprint density at radius 2 is 1.74 bits per heavy atom. The van der Waals surface area contributed by atoms with Gasteiger partial charge in [0.15, 0.2) is 0 Å². The van der Waals surface area contributed by atoms with Crippen LogP contribution in [0.1, 0.15) is 17.5 Å². The van der Waals surface area contributed by atoms with Gasteiger partial charge in [-0.25, -0.2) is 4.39 Å². The van der Waals surface area contributed by atoms with Crippen LogP contribution < -0.4 is 5.73 Å². The average Bonchev–Trinajstić information content (AvgIpc) is 3.01. The number of oxime groups is 1. The van der Waals surface area contributed by atoms with Crippen LogP contribution in [0, 0.1) is 5.82 Å². The molecule has 1 heterocycles. The van der Waals surface area contributed by atoms with Gasteiger partial charge in [-0.2, -0.15) is 13.2 Å². The van der Waals surface area contributed by atoms with Gasteiger partial charge >= 0.3 is 6.18 Å². The molecule has 0 amide bonds. The van der Waals surface area contributed by atoms with Crippen LogP contribution in [0.4, 0.5) is 23.2 Å². The number of anilines is 1. The fourth-order valence-electron chi connectivity index (χ4n) is 2.66. The molecule has 0 aromatic heterocycles. The molecule has 1 aliphatic heterocycles. The van der Waals surface area contributed by atoms with Crippen LogP contribution in [-0.4, -0.2) is 11.9 Å². The van der Waals surface area contributed by atoms with E-state index in [4.69, 9.17) is 33.8 Å². The molecule has 2 aromatic rings. The van der Waals surface area contributed by atoms with Gasteiger partial charge in [-0.1, -0.05) is 40.5 Å². The van der Waals surface area contributed by atoms with E-state index in [1.165, 1.54) is 30.4 Å². The first-order chi connectivity index (χ1) is 12.6. The lowest BCUT2D eigenvalue weighted by atomic mass is 9.88. The first-order valence-corrected chi connectivity index (χ1v) is 8.38. The zero-order valence-corrected chi connectivity index (χ0v) is 15.0. The molecule has 3 rings (SSSR count). The van der Waals surface area contributed by atoms with E-state index in [-0.39, 0.29) is 27.0 Å². The Morgan fingerprint density at radius 1 is 1.07 bits per heavy atom. The summed E-state index contributed by atoms with van der Waals surface area (Å²) in [7, 11) is 0. The Morgan fingerprint density at radius 3 is 2.33 bits per heavy atom. The molecule has 27 heavy (non-hydrogen) atoms. The van der Waals surface area contributed by atoms with E-state index in [2.05, 4.69) is 5.16 Å². The Hall–Kier alpha value is -2.25. The highest BCUT2D eigenvalue weighted by Gasteiger charge is 2.62. The minimum Gasteiger partial charge on any atom is -0.396 e. The summed E-state index contributed by atoms with van der Waals surface area (Å²) in [4.78, 5) is 4.85. The van der Waals surface area contributed by atoms with E-state index in [0.29, 0.717) is 5.56 Å². The zero-order valence-electron chi connectivity index (χ0n) is 13.5. The molecule has 1 unspecified atom stereocenters. The van der Waals surface area contributed by atoms with E-state index >= 15 is 0 Å². The number of hydrogen-bond donors (Lipinski definition) is 1. The molecular weight excluding hydrogens is 407 g/mol.